The van der Waals surface area contributed by atoms with Crippen LogP contribution in [0.15, 0.2) is 42.5 Å². The number of halogens is 2. The summed E-state index contributed by atoms with van der Waals surface area (Å²) in [7, 11) is 0. The zero-order chi connectivity index (χ0) is 14.7. The van der Waals surface area contributed by atoms with Crippen LogP contribution < -0.4 is 5.12 Å². The lowest BCUT2D eigenvalue weighted by atomic mass is 10.1. The molecule has 0 amide bonds. The Kier molecular flexibility index (Phi) is 4.25. The molecule has 5 heteroatoms. The van der Waals surface area contributed by atoms with E-state index in [9.17, 15) is 9.28 Å². The molecule has 0 aliphatic heterocycles. The van der Waals surface area contributed by atoms with Gasteiger partial charge in [-0.3, -0.25) is 4.79 Å². The topological polar surface area (TPSA) is 40.5 Å². The van der Waals surface area contributed by atoms with Crippen LogP contribution >= 0.6 is 11.6 Å². The zero-order valence-corrected chi connectivity index (χ0v) is 11.6. The number of hydrogen-bond donors (Lipinski definition) is 1. The van der Waals surface area contributed by atoms with E-state index in [4.69, 9.17) is 16.7 Å². The Labute approximate surface area is 121 Å². The minimum atomic E-state index is -1.01. The molecule has 0 aromatic heterocycles. The van der Waals surface area contributed by atoms with Crippen LogP contribution in [0, 0.1) is 6.92 Å². The fourth-order valence-electron chi connectivity index (χ4n) is 1.95. The smallest absolute Gasteiger partial charge is 0.307 e. The van der Waals surface area contributed by atoms with E-state index in [-0.39, 0.29) is 22.8 Å². The predicted molar refractivity (Wildman–Crippen MR) is 77.2 cm³/mol. The molecule has 104 valence electrons. The van der Waals surface area contributed by atoms with E-state index in [1.807, 2.05) is 6.92 Å². The van der Waals surface area contributed by atoms with Gasteiger partial charge in [0, 0.05) is 0 Å². The number of para-hydroxylation sites is 1. The lowest BCUT2D eigenvalue weighted by Crippen LogP contribution is -2.10. The third-order valence-electron chi connectivity index (χ3n) is 2.85. The van der Waals surface area contributed by atoms with Crippen molar-refractivity contribution < 1.29 is 14.4 Å². The lowest BCUT2D eigenvalue weighted by molar-refractivity contribution is -0.136. The first-order chi connectivity index (χ1) is 9.49. The van der Waals surface area contributed by atoms with Crippen LogP contribution in [-0.2, 0) is 11.2 Å². The van der Waals surface area contributed by atoms with Crippen molar-refractivity contribution in [3.63, 3.8) is 0 Å². The van der Waals surface area contributed by atoms with Crippen molar-refractivity contribution in [3.8, 4) is 0 Å². The van der Waals surface area contributed by atoms with Crippen molar-refractivity contribution in [2.45, 2.75) is 13.3 Å². The third kappa shape index (κ3) is 3.08. The van der Waals surface area contributed by atoms with E-state index in [2.05, 4.69) is 0 Å². The van der Waals surface area contributed by atoms with E-state index in [0.29, 0.717) is 10.7 Å². The number of benzene rings is 2. The van der Waals surface area contributed by atoms with E-state index in [0.717, 1.165) is 5.56 Å². The number of aryl methyl sites for hydroxylation is 1. The van der Waals surface area contributed by atoms with Crippen molar-refractivity contribution in [2.24, 2.45) is 0 Å². The Morgan fingerprint density at radius 3 is 2.60 bits per heavy atom. The molecular formula is C15H13ClFNO2. The second-order valence-corrected chi connectivity index (χ2v) is 4.84. The summed E-state index contributed by atoms with van der Waals surface area (Å²) in [6.07, 6.45) is -0.248. The molecule has 20 heavy (non-hydrogen) atoms. The molecule has 2 rings (SSSR count). The minimum absolute atomic E-state index is 0.185. The minimum Gasteiger partial charge on any atom is -0.481 e. The standard InChI is InChI=1S/C15H13ClFNO2/c1-10-6-7-13(11(8-10)9-15(19)20)18(17)14-5-3-2-4-12(14)16/h2-8H,9H2,1H3,(H,19,20). The molecule has 0 bridgehead atoms. The van der Waals surface area contributed by atoms with Gasteiger partial charge in [-0.25, -0.2) is 0 Å². The van der Waals surface area contributed by atoms with Gasteiger partial charge in [0.2, 0.25) is 0 Å². The summed E-state index contributed by atoms with van der Waals surface area (Å²) in [6, 6.07) is 11.4. The summed E-state index contributed by atoms with van der Waals surface area (Å²) in [6.45, 7) is 1.83. The number of anilines is 2. The van der Waals surface area contributed by atoms with Gasteiger partial charge in [0.05, 0.1) is 22.8 Å². The highest BCUT2D eigenvalue weighted by Gasteiger charge is 2.17. The molecule has 3 nitrogen and oxygen atoms in total. The highest BCUT2D eigenvalue weighted by Crippen LogP contribution is 2.34. The summed E-state index contributed by atoms with van der Waals surface area (Å²) < 4.78 is 14.5. The number of carbonyl (C=O) groups is 1. The van der Waals surface area contributed by atoms with Crippen LogP contribution in [0.5, 0.6) is 0 Å². The second-order valence-electron chi connectivity index (χ2n) is 4.43. The van der Waals surface area contributed by atoms with Gasteiger partial charge >= 0.3 is 5.97 Å². The zero-order valence-electron chi connectivity index (χ0n) is 10.8. The number of aliphatic carboxylic acids is 1. The molecule has 0 aliphatic rings. The Balaban J connectivity index is 2.46. The fraction of sp³-hybridized carbons (Fsp3) is 0.133. The molecular weight excluding hydrogens is 281 g/mol. The Hall–Kier alpha value is -2.07. The van der Waals surface area contributed by atoms with E-state index < -0.39 is 5.97 Å². The molecule has 0 unspecified atom stereocenters. The predicted octanol–water partition coefficient (Wildman–Crippen LogP) is 4.30. The first kappa shape index (κ1) is 14.3. The maximum Gasteiger partial charge on any atom is 0.307 e. The van der Waals surface area contributed by atoms with Gasteiger partial charge in [-0.2, -0.15) is 5.12 Å². The summed E-state index contributed by atoms with van der Waals surface area (Å²) in [5.41, 5.74) is 1.65. The molecule has 2 aromatic rings. The highest BCUT2D eigenvalue weighted by atomic mass is 35.5. The molecule has 0 atom stereocenters. The van der Waals surface area contributed by atoms with Crippen molar-refractivity contribution in [1.29, 1.82) is 0 Å². The van der Waals surface area contributed by atoms with Gasteiger partial charge < -0.3 is 5.11 Å². The molecule has 1 N–H and O–H groups in total. The molecule has 0 saturated heterocycles. The highest BCUT2D eigenvalue weighted by molar-refractivity contribution is 6.33. The first-order valence-corrected chi connectivity index (χ1v) is 6.38. The monoisotopic (exact) mass is 293 g/mol. The summed E-state index contributed by atoms with van der Waals surface area (Å²) in [5, 5.41) is 9.60. The molecule has 2 aromatic carbocycles. The van der Waals surface area contributed by atoms with Crippen molar-refractivity contribution in [3.05, 3.63) is 58.6 Å². The first-order valence-electron chi connectivity index (χ1n) is 6.01. The molecule has 0 spiro atoms. The average molecular weight is 294 g/mol. The normalized spacial score (nSPS) is 10.3. The number of hydrogen-bond acceptors (Lipinski definition) is 2. The number of carboxylic acids is 1. The lowest BCUT2D eigenvalue weighted by Gasteiger charge is -2.18. The number of nitrogens with zero attached hydrogens (tertiary/aromatic N) is 1. The molecule has 0 fully saturated rings. The van der Waals surface area contributed by atoms with Crippen LogP contribution in [0.3, 0.4) is 0 Å². The van der Waals surface area contributed by atoms with Crippen LogP contribution in [0.25, 0.3) is 0 Å². The molecule has 0 aliphatic carbocycles. The second kappa shape index (κ2) is 5.92. The fourth-order valence-corrected chi connectivity index (χ4v) is 2.16. The van der Waals surface area contributed by atoms with Crippen LogP contribution in [0.2, 0.25) is 5.02 Å². The van der Waals surface area contributed by atoms with Crippen molar-refractivity contribution in [2.75, 3.05) is 5.12 Å². The maximum absolute atomic E-state index is 14.5. The Morgan fingerprint density at radius 1 is 1.25 bits per heavy atom. The van der Waals surface area contributed by atoms with E-state index in [1.54, 1.807) is 36.4 Å². The Bertz CT molecular complexity index is 646. The van der Waals surface area contributed by atoms with Gasteiger partial charge in [-0.05, 0) is 30.7 Å². The van der Waals surface area contributed by atoms with Crippen LogP contribution in [0.4, 0.5) is 15.9 Å². The largest absolute Gasteiger partial charge is 0.481 e. The summed E-state index contributed by atoms with van der Waals surface area (Å²) >= 11 is 5.96. The van der Waals surface area contributed by atoms with Gasteiger partial charge in [-0.1, -0.05) is 45.9 Å². The van der Waals surface area contributed by atoms with Crippen molar-refractivity contribution >= 4 is 28.9 Å². The number of rotatable bonds is 4. The van der Waals surface area contributed by atoms with Crippen molar-refractivity contribution in [1.82, 2.24) is 0 Å². The van der Waals surface area contributed by atoms with E-state index in [1.165, 1.54) is 6.07 Å². The summed E-state index contributed by atoms with van der Waals surface area (Å²) in [4.78, 5) is 10.9. The quantitative estimate of drug-likeness (QED) is 0.855. The van der Waals surface area contributed by atoms with Gasteiger partial charge in [0.25, 0.3) is 0 Å². The third-order valence-corrected chi connectivity index (χ3v) is 3.17. The van der Waals surface area contributed by atoms with Gasteiger partial charge in [-0.15, -0.1) is 0 Å². The SMILES string of the molecule is Cc1ccc(N(F)c2ccccc2Cl)c(CC(=O)O)c1. The molecule has 0 radical (unpaired) electrons. The van der Waals surface area contributed by atoms with E-state index >= 15 is 0 Å². The van der Waals surface area contributed by atoms with Crippen LogP contribution in [-0.4, -0.2) is 11.1 Å². The maximum atomic E-state index is 14.5. The Morgan fingerprint density at radius 2 is 1.95 bits per heavy atom. The van der Waals surface area contributed by atoms with Gasteiger partial charge in [0.15, 0.2) is 0 Å². The van der Waals surface area contributed by atoms with Gasteiger partial charge in [0.1, 0.15) is 0 Å². The summed E-state index contributed by atoms with van der Waals surface area (Å²) in [5.74, 6) is -1.01. The molecule has 0 heterocycles. The number of carboxylic acid groups (broad SMARTS) is 1. The average Bonchev–Trinajstić information content (AvgIpc) is 2.38. The molecule has 0 saturated carbocycles. The van der Waals surface area contributed by atoms with Crippen LogP contribution in [0.1, 0.15) is 11.1 Å².